The van der Waals surface area contributed by atoms with Crippen molar-refractivity contribution in [1.82, 2.24) is 106 Å². The first-order valence-corrected chi connectivity index (χ1v) is 27.0. The number of pyridine rings is 3. The average molecular weight is 1260 g/mol. The molecule has 9 heterocycles. The molecule has 5 amide bonds. The molecule has 90 heavy (non-hydrogen) atoms. The van der Waals surface area contributed by atoms with E-state index in [-0.39, 0.29) is 104 Å². The Morgan fingerprint density at radius 1 is 0.511 bits per heavy atom. The highest BCUT2D eigenvalue weighted by Crippen LogP contribution is 2.42. The standard InChI is InChI=1S/2C20H23N9O3.C15H15ClN8O2/c2*1-10-7-12(10)19(30)25-15-8-13(16(27-26-15)20(31)21-2)24-18-17(32-4)11(5-6-22-18)14-9-23-29(3)28-14;1-17-15(25)12-9(6-11(16)21-22-12)20-14-13(26-3)8(4-5-18-14)10-7-19-24(2)23-10/h2*5-6,8-10,12H,7H2,1-4H3,(H,21,31)(H2,22,24,25,26,30);4-7H,1-3H3,(H,17,25)(H,18,20,21)/t2*10-,12-;/m00./s1/i2*2D3;1D3. The van der Waals surface area contributed by atoms with Gasteiger partial charge in [-0.25, -0.2) is 15.0 Å². The number of rotatable bonds is 19. The minimum atomic E-state index is -2.74. The number of hydrogen-bond acceptors (Lipinski definition) is 26. The lowest BCUT2D eigenvalue weighted by molar-refractivity contribution is -0.118. The van der Waals surface area contributed by atoms with Crippen molar-refractivity contribution in [3.8, 4) is 51.0 Å². The first-order valence-electron chi connectivity index (χ1n) is 31.2. The molecule has 8 N–H and O–H groups in total. The molecule has 35 heteroatoms. The van der Waals surface area contributed by atoms with Crippen LogP contribution in [0.15, 0.2) is 73.6 Å². The van der Waals surface area contributed by atoms with E-state index in [0.29, 0.717) is 51.0 Å². The van der Waals surface area contributed by atoms with E-state index < -0.39 is 38.6 Å². The zero-order chi connectivity index (χ0) is 71.8. The summed E-state index contributed by atoms with van der Waals surface area (Å²) in [6.07, 6.45) is 10.7. The summed E-state index contributed by atoms with van der Waals surface area (Å²) in [5.74, 6) is -1.32. The molecule has 0 radical (unpaired) electrons. The molecule has 0 aromatic carbocycles. The third kappa shape index (κ3) is 14.7. The predicted molar refractivity (Wildman–Crippen MR) is 325 cm³/mol. The Balaban J connectivity index is 0.000000174. The summed E-state index contributed by atoms with van der Waals surface area (Å²) in [5.41, 5.74) is 2.64. The average Bonchev–Trinajstić information content (AvgIpc) is 1.66. The summed E-state index contributed by atoms with van der Waals surface area (Å²) in [6.45, 7) is -4.25. The van der Waals surface area contributed by atoms with Gasteiger partial charge in [-0.1, -0.05) is 25.4 Å². The molecule has 0 bridgehead atoms. The zero-order valence-electron chi connectivity index (χ0n) is 57.8. The summed E-state index contributed by atoms with van der Waals surface area (Å²) in [7, 11) is 9.36. The maximum Gasteiger partial charge on any atom is 0.273 e. The predicted octanol–water partition coefficient (Wildman–Crippen LogP) is 4.18. The largest absolute Gasteiger partial charge is 0.492 e. The molecule has 11 rings (SSSR count). The molecule has 0 unspecified atom stereocenters. The van der Waals surface area contributed by atoms with Gasteiger partial charge in [0.05, 0.1) is 73.7 Å². The van der Waals surface area contributed by atoms with Gasteiger partial charge in [0.2, 0.25) is 11.8 Å². The van der Waals surface area contributed by atoms with Gasteiger partial charge < -0.3 is 56.7 Å². The van der Waals surface area contributed by atoms with Gasteiger partial charge in [-0.05, 0) is 42.9 Å². The van der Waals surface area contributed by atoms with Crippen LogP contribution in [0.25, 0.3) is 33.8 Å². The van der Waals surface area contributed by atoms with Crippen LogP contribution in [0.4, 0.5) is 46.2 Å². The van der Waals surface area contributed by atoms with E-state index in [0.717, 1.165) is 12.8 Å². The van der Waals surface area contributed by atoms with Gasteiger partial charge in [-0.15, -0.1) is 30.6 Å². The summed E-state index contributed by atoms with van der Waals surface area (Å²) in [5, 5.41) is 67.5. The molecular formula is C55H61ClN26O8. The van der Waals surface area contributed by atoms with Gasteiger partial charge in [0.25, 0.3) is 17.7 Å². The van der Waals surface area contributed by atoms with Crippen LogP contribution in [0.1, 0.15) is 70.5 Å². The van der Waals surface area contributed by atoms with Crippen LogP contribution >= 0.6 is 11.6 Å². The Kier molecular flexibility index (Phi) is 16.1. The topological polar surface area (TPSA) is 417 Å². The monoisotopic (exact) mass is 1260 g/mol. The van der Waals surface area contributed by atoms with Crippen LogP contribution in [0, 0.1) is 23.7 Å². The van der Waals surface area contributed by atoms with E-state index in [1.807, 2.05) is 29.8 Å². The molecular weight excluding hydrogens is 1190 g/mol. The minimum Gasteiger partial charge on any atom is -0.492 e. The first-order chi connectivity index (χ1) is 46.8. The Morgan fingerprint density at radius 3 is 1.12 bits per heavy atom. The Labute approximate surface area is 530 Å². The number of nitrogens with one attached hydrogen (secondary N) is 8. The van der Waals surface area contributed by atoms with Crippen molar-refractivity contribution in [1.29, 1.82) is 0 Å². The number of anilines is 8. The van der Waals surface area contributed by atoms with Crippen molar-refractivity contribution in [2.45, 2.75) is 26.7 Å². The maximum absolute atomic E-state index is 12.6. The summed E-state index contributed by atoms with van der Waals surface area (Å²) < 4.78 is 82.1. The molecule has 2 fully saturated rings. The first kappa shape index (κ1) is 51.7. The highest BCUT2D eigenvalue weighted by molar-refractivity contribution is 6.29. The highest BCUT2D eigenvalue weighted by atomic mass is 35.5. The highest BCUT2D eigenvalue weighted by Gasteiger charge is 2.40. The number of amides is 5. The van der Waals surface area contributed by atoms with Crippen molar-refractivity contribution in [3.05, 3.63) is 95.8 Å². The van der Waals surface area contributed by atoms with Crippen LogP contribution in [-0.2, 0) is 30.7 Å². The lowest BCUT2D eigenvalue weighted by atomic mass is 10.2. The third-order valence-corrected chi connectivity index (χ3v) is 13.6. The summed E-state index contributed by atoms with van der Waals surface area (Å²) in [6, 6.07) is 9.13. The number of ether oxygens (including phenoxy) is 3. The van der Waals surface area contributed by atoms with E-state index in [1.54, 1.807) is 57.9 Å². The van der Waals surface area contributed by atoms with E-state index in [9.17, 15) is 24.0 Å². The van der Waals surface area contributed by atoms with Gasteiger partial charge in [-0.3, -0.25) is 24.0 Å². The summed E-state index contributed by atoms with van der Waals surface area (Å²) >= 11 is 5.90. The van der Waals surface area contributed by atoms with E-state index in [1.165, 1.54) is 72.5 Å². The van der Waals surface area contributed by atoms with Crippen molar-refractivity contribution in [3.63, 3.8) is 0 Å². The normalized spacial score (nSPS) is 16.9. The lowest BCUT2D eigenvalue weighted by Gasteiger charge is -2.15. The number of methoxy groups -OCH3 is 3. The zero-order valence-corrected chi connectivity index (χ0v) is 49.6. The quantitative estimate of drug-likeness (QED) is 0.0563. The van der Waals surface area contributed by atoms with Gasteiger partial charge in [-0.2, -0.15) is 45.0 Å². The molecule has 34 nitrogen and oxygen atoms in total. The molecule has 466 valence electrons. The fraction of sp³-hybridized carbons (Fsp3) is 0.309. The number of halogens is 1. The van der Waals surface area contributed by atoms with Gasteiger partial charge >= 0.3 is 0 Å². The number of carbonyl (C=O) groups excluding carboxylic acids is 5. The van der Waals surface area contributed by atoms with Crippen LogP contribution < -0.4 is 56.7 Å². The fourth-order valence-electron chi connectivity index (χ4n) is 8.68. The van der Waals surface area contributed by atoms with Crippen LogP contribution in [0.2, 0.25) is 5.15 Å². The number of nitrogens with zero attached hydrogens (tertiary/aromatic N) is 18. The van der Waals surface area contributed by atoms with E-state index in [4.69, 9.17) is 38.1 Å². The molecule has 0 spiro atoms. The maximum atomic E-state index is 12.6. The molecule has 9 aromatic heterocycles. The third-order valence-electron chi connectivity index (χ3n) is 13.4. The molecule has 4 atom stereocenters. The molecule has 0 aliphatic heterocycles. The second-order valence-electron chi connectivity index (χ2n) is 19.6. The van der Waals surface area contributed by atoms with Crippen molar-refractivity contribution in [2.24, 2.45) is 44.8 Å². The van der Waals surface area contributed by atoms with Gasteiger partial charge in [0.15, 0.2) is 68.6 Å². The van der Waals surface area contributed by atoms with Gasteiger partial charge in [0.1, 0.15) is 17.1 Å². The second kappa shape index (κ2) is 27.9. The van der Waals surface area contributed by atoms with Crippen LogP contribution in [0.3, 0.4) is 0 Å². The molecule has 2 aliphatic rings. The number of hydrogen-bond donors (Lipinski definition) is 8. The van der Waals surface area contributed by atoms with Crippen LogP contribution in [0.5, 0.6) is 17.2 Å². The molecule has 9 aromatic rings. The van der Waals surface area contributed by atoms with E-state index >= 15 is 0 Å². The molecule has 2 saturated carbocycles. The molecule has 0 saturated heterocycles. The number of carbonyl (C=O) groups is 5. The Hall–Kier alpha value is -11.5. The van der Waals surface area contributed by atoms with Crippen molar-refractivity contribution >= 4 is 87.3 Å². The molecule has 2 aliphatic carbocycles. The minimum absolute atomic E-state index is 0.0121. The fourth-order valence-corrected chi connectivity index (χ4v) is 8.83. The second-order valence-corrected chi connectivity index (χ2v) is 20.0. The van der Waals surface area contributed by atoms with Crippen LogP contribution in [-0.4, -0.2) is 162 Å². The van der Waals surface area contributed by atoms with Gasteiger partial charge in [0, 0.05) is 103 Å². The van der Waals surface area contributed by atoms with E-state index in [2.05, 4.69) is 103 Å². The Morgan fingerprint density at radius 2 is 0.833 bits per heavy atom. The number of aromatic nitrogens is 18. The Bertz CT molecular complexity index is 4300. The van der Waals surface area contributed by atoms with Crippen molar-refractivity contribution in [2.75, 3.05) is 68.8 Å². The van der Waals surface area contributed by atoms with Crippen molar-refractivity contribution < 1.29 is 50.5 Å². The lowest BCUT2D eigenvalue weighted by Crippen LogP contribution is -2.22. The SMILES string of the molecule is [2H]C([2H])([2H])NC(=O)c1nnc(Cl)cc1Nc1nccc(-c2cnn(C)n2)c1OC.[2H]C([2H])([2H])NC(=O)c1nnc(NC(=O)[C@H]2C[C@@H]2C)cc1Nc1nccc(-c2cnn(C)n2)c1OC.[2H]C([2H])([2H])NC(=O)c1nnc(NC(=O)[C@H]2C[C@@H]2C)cc1Nc1nccc(-c2cnn(C)n2)c1OC. The summed E-state index contributed by atoms with van der Waals surface area (Å²) in [4.78, 5) is 79.3. The smallest absolute Gasteiger partial charge is 0.273 e. The number of aryl methyl sites for hydroxylation is 3.